The van der Waals surface area contributed by atoms with E-state index < -0.39 is 85.2 Å². The molecule has 13 rings (SSSR count). The number of imide groups is 1. The number of carbonyl (C=O) groups is 8. The number of nitrogens with one attached hydrogen (secondary N) is 3. The second-order valence-electron chi connectivity index (χ2n) is 27.6. The minimum Gasteiger partial charge on any atom is -0.479 e. The summed E-state index contributed by atoms with van der Waals surface area (Å²) in [6, 6.07) is 21.9. The van der Waals surface area contributed by atoms with Crippen LogP contribution in [-0.4, -0.2) is 185 Å². The Bertz CT molecular complexity index is 4080. The number of hydrogen-bond donors (Lipinski definition) is 8. The Morgan fingerprint density at radius 2 is 1.59 bits per heavy atom. The molecule has 0 radical (unpaired) electrons. The molecule has 518 valence electrons. The number of aromatic carboxylic acids is 1. The topological polar surface area (TPSA) is 364 Å². The molecule has 98 heavy (non-hydrogen) atoms. The zero-order valence-corrected chi connectivity index (χ0v) is 55.7. The minimum atomic E-state index is -1.99. The van der Waals surface area contributed by atoms with Gasteiger partial charge in [0.05, 0.1) is 28.6 Å². The summed E-state index contributed by atoms with van der Waals surface area (Å²) in [7, 11) is 1.49. The van der Waals surface area contributed by atoms with Crippen molar-refractivity contribution in [2.75, 3.05) is 56.6 Å². The summed E-state index contributed by atoms with van der Waals surface area (Å²) in [6.07, 6.45) is 0.514. The number of carboxylic acids is 2. The molecule has 4 aliphatic carbocycles. The van der Waals surface area contributed by atoms with Gasteiger partial charge in [-0.05, 0) is 140 Å². The number of para-hydroxylation sites is 1. The van der Waals surface area contributed by atoms with Gasteiger partial charge in [-0.3, -0.25) is 38.9 Å². The summed E-state index contributed by atoms with van der Waals surface area (Å²) in [5.41, 5.74) is 4.77. The predicted molar refractivity (Wildman–Crippen MR) is 355 cm³/mol. The van der Waals surface area contributed by atoms with Crippen LogP contribution in [0.4, 0.5) is 15.7 Å². The SMILES string of the molecule is CNC(=O)CCN(CCOC12CC3(C)CC(C)(CC(Cn4ncc(-c5ccc(N6CCc7cccc(C(=O)Nc8nc9ccccc9s8)c7C6)nc5C(=O)O)c4C)(C3)C1)C2)C(=O)OCc1ccc(CCCCNC(=O)CN2C(=O)C=CC2=O)cc1O[C@@H]1O[C@H](C(=O)O)[C@@H](O)[C@H](O)[C@H]1O. The van der Waals surface area contributed by atoms with Gasteiger partial charge in [0, 0.05) is 92.8 Å². The normalized spacial score (nSPS) is 25.3. The number of hydrogen-bond acceptors (Lipinski definition) is 20. The van der Waals surface area contributed by atoms with Crippen molar-refractivity contribution in [2.24, 2.45) is 16.2 Å². The maximum Gasteiger partial charge on any atom is 0.410 e. The van der Waals surface area contributed by atoms with Crippen LogP contribution in [0.25, 0.3) is 21.3 Å². The standard InChI is InChI=1S/C70H80N10O17S/c1-40-46(44-17-18-51(75-56(44)62(89)90)78-24-21-42-11-9-12-45(47(42)30-78)61(88)76-65-74-48-13-5-6-14-50(48)98-65)29-73-80(40)39-69-34-67(2)33-68(3,35-69)37-70(36-67,38-69)95-27-26-77(25-22-52(81)71-4)66(93)94-32-43-16-15-41(10-7-8-23-72-53(82)31-79-54(83)19-20-55(79)84)28-49(43)96-64-59(87)57(85)58(86)60(97-64)63(91)92/h5-6,9,11-20,28-29,57-60,64,85-87H,7-8,10,21-27,30-39H2,1-4H3,(H,71,81)(H,72,82)(H,89,90)(H,91,92)(H,74,76,88)/t57-,58-,59+,60-,64+,67?,68?,69?,70?/m0/s1. The van der Waals surface area contributed by atoms with Gasteiger partial charge in [0.1, 0.15) is 43.0 Å². The third-order valence-corrected chi connectivity index (χ3v) is 20.8. The number of fused-ring (bicyclic) bond motifs is 2. The van der Waals surface area contributed by atoms with Gasteiger partial charge in [0.15, 0.2) is 16.9 Å². The predicted octanol–water partition coefficient (Wildman–Crippen LogP) is 5.92. The third-order valence-electron chi connectivity index (χ3n) is 19.8. The lowest BCUT2D eigenvalue weighted by molar-refractivity contribution is -0.271. The number of unbranched alkanes of at least 4 members (excludes halogenated alkanes) is 1. The number of pyridine rings is 1. The molecule has 1 saturated heterocycles. The smallest absolute Gasteiger partial charge is 0.410 e. The number of anilines is 2. The van der Waals surface area contributed by atoms with Gasteiger partial charge in [-0.1, -0.05) is 61.6 Å². The maximum atomic E-state index is 14.3. The van der Waals surface area contributed by atoms with E-state index >= 15 is 0 Å². The average Bonchev–Trinajstić information content (AvgIpc) is 0.858. The fourth-order valence-electron chi connectivity index (χ4n) is 16.4. The van der Waals surface area contributed by atoms with Crippen molar-refractivity contribution in [1.82, 2.24) is 40.2 Å². The van der Waals surface area contributed by atoms with Crippen LogP contribution in [0.15, 0.2) is 91.1 Å². The molecule has 0 spiro atoms. The number of benzene rings is 3. The van der Waals surface area contributed by atoms with Crippen molar-refractivity contribution in [3.63, 3.8) is 0 Å². The van der Waals surface area contributed by atoms with Crippen LogP contribution in [0.5, 0.6) is 5.75 Å². The highest BCUT2D eigenvalue weighted by atomic mass is 32.1. The molecular weight excluding hydrogens is 1280 g/mol. The second-order valence-corrected chi connectivity index (χ2v) is 28.6. The lowest BCUT2D eigenvalue weighted by Crippen LogP contribution is -2.64. The number of aryl methyl sites for hydroxylation is 1. The van der Waals surface area contributed by atoms with Crippen molar-refractivity contribution in [3.05, 3.63) is 130 Å². The van der Waals surface area contributed by atoms with Gasteiger partial charge in [0.2, 0.25) is 18.1 Å². The molecule has 2 unspecified atom stereocenters. The van der Waals surface area contributed by atoms with Crippen LogP contribution in [-0.2, 0) is 70.7 Å². The molecule has 3 aromatic heterocycles. The third kappa shape index (κ3) is 14.7. The largest absolute Gasteiger partial charge is 0.479 e. The number of carbonyl (C=O) groups excluding carboxylic acids is 6. The number of rotatable bonds is 26. The Morgan fingerprint density at radius 3 is 2.33 bits per heavy atom. The average molecular weight is 1370 g/mol. The first-order valence-electron chi connectivity index (χ1n) is 32.9. The summed E-state index contributed by atoms with van der Waals surface area (Å²) in [4.78, 5) is 116. The number of aromatic nitrogens is 4. The molecule has 3 aromatic carbocycles. The molecule has 6 amide bonds. The van der Waals surface area contributed by atoms with E-state index in [1.807, 2.05) is 59.0 Å². The van der Waals surface area contributed by atoms with Gasteiger partial charge in [-0.15, -0.1) is 0 Å². The van der Waals surface area contributed by atoms with E-state index in [4.69, 9.17) is 29.0 Å². The van der Waals surface area contributed by atoms with Gasteiger partial charge in [-0.2, -0.15) is 5.10 Å². The molecular formula is C70H80N10O17S. The van der Waals surface area contributed by atoms with E-state index in [-0.39, 0.29) is 77.7 Å². The number of amides is 6. The van der Waals surface area contributed by atoms with E-state index in [1.165, 1.54) is 23.3 Å². The molecule has 4 saturated carbocycles. The molecule has 7 aliphatic rings. The molecule has 8 N–H and O–H groups in total. The maximum absolute atomic E-state index is 14.3. The van der Waals surface area contributed by atoms with Crippen molar-refractivity contribution in [3.8, 4) is 16.9 Å². The van der Waals surface area contributed by atoms with E-state index in [0.717, 1.165) is 76.2 Å². The summed E-state index contributed by atoms with van der Waals surface area (Å²) < 4.78 is 27.5. The minimum absolute atomic E-state index is 0.00783. The Morgan fingerprint density at radius 1 is 0.827 bits per heavy atom. The molecule has 4 bridgehead atoms. The van der Waals surface area contributed by atoms with Gasteiger partial charge in [0.25, 0.3) is 17.7 Å². The zero-order chi connectivity index (χ0) is 69.4. The molecule has 28 heteroatoms. The van der Waals surface area contributed by atoms with E-state index in [2.05, 4.69) is 34.8 Å². The highest BCUT2D eigenvalue weighted by Gasteiger charge is 2.66. The summed E-state index contributed by atoms with van der Waals surface area (Å²) in [5, 5.41) is 66.3. The number of carboxylic acid groups (broad SMARTS) is 2. The summed E-state index contributed by atoms with van der Waals surface area (Å²) in [6.45, 7) is 7.50. The monoisotopic (exact) mass is 1360 g/mol. The van der Waals surface area contributed by atoms with Crippen LogP contribution in [0, 0.1) is 23.2 Å². The molecule has 7 atom stereocenters. The van der Waals surface area contributed by atoms with Crippen LogP contribution in [0.1, 0.15) is 120 Å². The fourth-order valence-corrected chi connectivity index (χ4v) is 17.3. The first-order chi connectivity index (χ1) is 46.8. The van der Waals surface area contributed by atoms with Gasteiger partial charge < -0.3 is 64.9 Å². The molecule has 5 fully saturated rings. The van der Waals surface area contributed by atoms with Crippen molar-refractivity contribution >= 4 is 80.1 Å². The molecule has 6 aromatic rings. The molecule has 27 nitrogen and oxygen atoms in total. The van der Waals surface area contributed by atoms with E-state index in [0.29, 0.717) is 84.9 Å². The number of thiazole rings is 1. The number of ether oxygens (including phenoxy) is 4. The number of aliphatic carboxylic acids is 1. The number of nitrogens with zero attached hydrogens (tertiary/aromatic N) is 7. The Kier molecular flexibility index (Phi) is 19.6. The fraction of sp³-hybridized carbons (Fsp3) is 0.471. The van der Waals surface area contributed by atoms with Crippen molar-refractivity contribution < 1.29 is 82.8 Å². The lowest BCUT2D eigenvalue weighted by atomic mass is 9.39. The Labute approximate surface area is 568 Å². The Hall–Kier alpha value is -9.19. The van der Waals surface area contributed by atoms with Gasteiger partial charge >= 0.3 is 18.0 Å². The zero-order valence-electron chi connectivity index (χ0n) is 54.9. The summed E-state index contributed by atoms with van der Waals surface area (Å²) in [5.74, 6) is -4.61. The number of aliphatic hydroxyl groups excluding tert-OH is 3. The van der Waals surface area contributed by atoms with Gasteiger partial charge in [-0.25, -0.2) is 24.4 Å². The van der Waals surface area contributed by atoms with Crippen LogP contribution < -0.4 is 25.6 Å². The number of aliphatic hydroxyl groups is 3. The Balaban J connectivity index is 0.710. The van der Waals surface area contributed by atoms with E-state index in [1.54, 1.807) is 36.5 Å². The lowest BCUT2D eigenvalue weighted by Gasteiger charge is -2.69. The van der Waals surface area contributed by atoms with Crippen molar-refractivity contribution in [1.29, 1.82) is 0 Å². The van der Waals surface area contributed by atoms with Crippen molar-refractivity contribution in [2.45, 2.75) is 147 Å². The quantitative estimate of drug-likeness (QED) is 0.0231. The first-order valence-corrected chi connectivity index (χ1v) is 33.7. The highest BCUT2D eigenvalue weighted by molar-refractivity contribution is 7.22. The second kappa shape index (κ2) is 28.0. The molecule has 6 heterocycles. The summed E-state index contributed by atoms with van der Waals surface area (Å²) >= 11 is 1.40. The van der Waals surface area contributed by atoms with Crippen LogP contribution in [0.2, 0.25) is 0 Å². The highest BCUT2D eigenvalue weighted by Crippen LogP contribution is 2.72. The molecule has 3 aliphatic heterocycles. The van der Waals surface area contributed by atoms with Crippen LogP contribution in [0.3, 0.4) is 0 Å². The first kappa shape index (κ1) is 68.7. The van der Waals surface area contributed by atoms with Crippen LogP contribution >= 0.6 is 11.3 Å². The van der Waals surface area contributed by atoms with E-state index in [9.17, 15) is 63.9 Å².